The standard InChI is InChI=1S/C22H26N4O2S2/c1-4-9-25-19(24-11-7-6-8-12-24)16(15(3)17(14-23)20(25)27)13-18-21(28)26(10-5-2)22(29)30-18/h5,13H,2,4,6-12H2,1,3H3/b18-13-. The number of thiocarbonyl (C=S) groups is 1. The molecule has 2 fully saturated rings. The Balaban J connectivity index is 2.24. The molecule has 0 saturated carbocycles. The van der Waals surface area contributed by atoms with E-state index in [4.69, 9.17) is 12.2 Å². The molecular weight excluding hydrogens is 416 g/mol. The summed E-state index contributed by atoms with van der Waals surface area (Å²) >= 11 is 6.62. The first-order valence-electron chi connectivity index (χ1n) is 10.2. The number of hydrogen-bond donors (Lipinski definition) is 0. The van der Waals surface area contributed by atoms with E-state index in [0.717, 1.165) is 43.7 Å². The van der Waals surface area contributed by atoms with E-state index in [1.807, 2.05) is 13.0 Å². The van der Waals surface area contributed by atoms with Crippen molar-refractivity contribution in [2.45, 2.75) is 46.1 Å². The first-order chi connectivity index (χ1) is 14.4. The molecule has 1 amide bonds. The van der Waals surface area contributed by atoms with Crippen molar-refractivity contribution in [1.82, 2.24) is 9.47 Å². The molecule has 6 nitrogen and oxygen atoms in total. The van der Waals surface area contributed by atoms with Crippen molar-refractivity contribution >= 4 is 46.1 Å². The average Bonchev–Trinajstić information content (AvgIpc) is 3.00. The van der Waals surface area contributed by atoms with Gasteiger partial charge in [0.05, 0.1) is 4.91 Å². The quantitative estimate of drug-likeness (QED) is 0.379. The van der Waals surface area contributed by atoms with Crippen LogP contribution in [-0.4, -0.2) is 39.3 Å². The van der Waals surface area contributed by atoms with Crippen molar-refractivity contribution in [1.29, 1.82) is 5.26 Å². The lowest BCUT2D eigenvalue weighted by molar-refractivity contribution is -0.121. The molecule has 0 atom stereocenters. The lowest BCUT2D eigenvalue weighted by atomic mass is 10.0. The highest BCUT2D eigenvalue weighted by atomic mass is 32.2. The summed E-state index contributed by atoms with van der Waals surface area (Å²) in [6, 6.07) is 2.08. The molecule has 8 heteroatoms. The molecular formula is C22H26N4O2S2. The predicted octanol–water partition coefficient (Wildman–Crippen LogP) is 3.82. The molecule has 0 bridgehead atoms. The molecule has 3 rings (SSSR count). The summed E-state index contributed by atoms with van der Waals surface area (Å²) in [6.07, 6.45) is 7.51. The highest BCUT2D eigenvalue weighted by Gasteiger charge is 2.32. The number of thioether (sulfide) groups is 1. The molecule has 158 valence electrons. The summed E-state index contributed by atoms with van der Waals surface area (Å²) in [6.45, 7) is 10.1. The summed E-state index contributed by atoms with van der Waals surface area (Å²) in [7, 11) is 0. The third-order valence-corrected chi connectivity index (χ3v) is 6.79. The van der Waals surface area contributed by atoms with Gasteiger partial charge in [0.25, 0.3) is 11.5 Å². The van der Waals surface area contributed by atoms with E-state index in [1.165, 1.54) is 23.1 Å². The number of aromatic nitrogens is 1. The molecule has 0 spiro atoms. The summed E-state index contributed by atoms with van der Waals surface area (Å²) in [5.74, 6) is 0.646. The zero-order chi connectivity index (χ0) is 21.8. The van der Waals surface area contributed by atoms with Crippen LogP contribution in [0.4, 0.5) is 5.82 Å². The van der Waals surface area contributed by atoms with Gasteiger partial charge >= 0.3 is 0 Å². The Labute approximate surface area is 186 Å². The van der Waals surface area contributed by atoms with Gasteiger partial charge in [-0.05, 0) is 44.2 Å². The molecule has 2 saturated heterocycles. The summed E-state index contributed by atoms with van der Waals surface area (Å²) in [4.78, 5) is 30.2. The molecule has 0 aromatic carbocycles. The van der Waals surface area contributed by atoms with Gasteiger partial charge in [-0.1, -0.05) is 37.0 Å². The number of nitriles is 1. The Morgan fingerprint density at radius 2 is 1.97 bits per heavy atom. The fraction of sp³-hybridized carbons (Fsp3) is 0.455. The van der Waals surface area contributed by atoms with E-state index in [0.29, 0.717) is 27.9 Å². The Morgan fingerprint density at radius 1 is 1.27 bits per heavy atom. The molecule has 0 aliphatic carbocycles. The molecule has 0 unspecified atom stereocenters. The van der Waals surface area contributed by atoms with E-state index in [9.17, 15) is 14.9 Å². The third kappa shape index (κ3) is 4.09. The Morgan fingerprint density at radius 3 is 2.57 bits per heavy atom. The van der Waals surface area contributed by atoms with Crippen LogP contribution < -0.4 is 10.5 Å². The van der Waals surface area contributed by atoms with Gasteiger partial charge in [0.2, 0.25) is 0 Å². The zero-order valence-corrected chi connectivity index (χ0v) is 19.1. The third-order valence-electron chi connectivity index (χ3n) is 5.41. The maximum atomic E-state index is 13.1. The van der Waals surface area contributed by atoms with E-state index >= 15 is 0 Å². The van der Waals surface area contributed by atoms with E-state index in [1.54, 1.807) is 17.6 Å². The van der Waals surface area contributed by atoms with Crippen LogP contribution in [0.5, 0.6) is 0 Å². The fourth-order valence-electron chi connectivity index (χ4n) is 3.94. The number of carbonyl (C=O) groups excluding carboxylic acids is 1. The van der Waals surface area contributed by atoms with Crippen molar-refractivity contribution in [2.24, 2.45) is 0 Å². The van der Waals surface area contributed by atoms with Crippen LogP contribution in [0.1, 0.15) is 49.3 Å². The molecule has 3 heterocycles. The minimum atomic E-state index is -0.256. The van der Waals surface area contributed by atoms with E-state index < -0.39 is 0 Å². The van der Waals surface area contributed by atoms with Crippen LogP contribution in [-0.2, 0) is 11.3 Å². The van der Waals surface area contributed by atoms with E-state index in [-0.39, 0.29) is 17.0 Å². The van der Waals surface area contributed by atoms with Crippen molar-refractivity contribution in [3.63, 3.8) is 0 Å². The number of rotatable bonds is 6. The molecule has 1 aromatic rings. The Kier molecular flexibility index (Phi) is 7.16. The van der Waals surface area contributed by atoms with Crippen LogP contribution in [0.25, 0.3) is 6.08 Å². The van der Waals surface area contributed by atoms with E-state index in [2.05, 4.69) is 17.5 Å². The molecule has 2 aliphatic heterocycles. The fourth-order valence-corrected chi connectivity index (χ4v) is 5.20. The molecule has 2 aliphatic rings. The first kappa shape index (κ1) is 22.3. The zero-order valence-electron chi connectivity index (χ0n) is 17.4. The maximum absolute atomic E-state index is 13.1. The van der Waals surface area contributed by atoms with Gasteiger partial charge in [-0.2, -0.15) is 5.26 Å². The topological polar surface area (TPSA) is 69.3 Å². The van der Waals surface area contributed by atoms with Crippen molar-refractivity contribution in [3.8, 4) is 6.07 Å². The Bertz CT molecular complexity index is 1010. The van der Waals surface area contributed by atoms with Gasteiger partial charge in [-0.15, -0.1) is 6.58 Å². The number of pyridine rings is 1. The van der Waals surface area contributed by atoms with Gasteiger partial charge in [-0.25, -0.2) is 0 Å². The summed E-state index contributed by atoms with van der Waals surface area (Å²) in [5, 5.41) is 9.67. The van der Waals surface area contributed by atoms with Crippen molar-refractivity contribution in [3.05, 3.63) is 44.6 Å². The monoisotopic (exact) mass is 442 g/mol. The van der Waals surface area contributed by atoms with Gasteiger partial charge in [-0.3, -0.25) is 19.1 Å². The van der Waals surface area contributed by atoms with Crippen LogP contribution >= 0.6 is 24.0 Å². The second kappa shape index (κ2) is 9.63. The number of amides is 1. The minimum absolute atomic E-state index is 0.136. The smallest absolute Gasteiger partial charge is 0.270 e. The predicted molar refractivity (Wildman–Crippen MR) is 127 cm³/mol. The van der Waals surface area contributed by atoms with Crippen LogP contribution in [0.2, 0.25) is 0 Å². The Hall–Kier alpha value is -2.37. The molecule has 1 aromatic heterocycles. The minimum Gasteiger partial charge on any atom is -0.357 e. The molecule has 0 N–H and O–H groups in total. The lowest BCUT2D eigenvalue weighted by Gasteiger charge is -2.33. The number of hydrogen-bond acceptors (Lipinski definition) is 6. The number of anilines is 1. The second-order valence-electron chi connectivity index (χ2n) is 7.43. The highest BCUT2D eigenvalue weighted by molar-refractivity contribution is 8.26. The SMILES string of the molecule is C=CCN1C(=O)/C(=C/c2c(C)c(C#N)c(=O)n(CCC)c2N2CCCCC2)SC1=S. The maximum Gasteiger partial charge on any atom is 0.270 e. The number of nitrogens with zero attached hydrogens (tertiary/aromatic N) is 4. The summed E-state index contributed by atoms with van der Waals surface area (Å²) < 4.78 is 2.21. The second-order valence-corrected chi connectivity index (χ2v) is 9.11. The van der Waals surface area contributed by atoms with Crippen LogP contribution in [0.15, 0.2) is 22.4 Å². The summed E-state index contributed by atoms with van der Waals surface area (Å²) in [5.41, 5.74) is 1.26. The highest BCUT2D eigenvalue weighted by Crippen LogP contribution is 2.36. The van der Waals surface area contributed by atoms with Crippen molar-refractivity contribution in [2.75, 3.05) is 24.5 Å². The van der Waals surface area contributed by atoms with Crippen LogP contribution in [0.3, 0.4) is 0 Å². The van der Waals surface area contributed by atoms with Gasteiger partial charge < -0.3 is 4.90 Å². The van der Waals surface area contributed by atoms with Crippen molar-refractivity contribution < 1.29 is 4.79 Å². The largest absolute Gasteiger partial charge is 0.357 e. The number of piperidine rings is 1. The molecule has 30 heavy (non-hydrogen) atoms. The first-order valence-corrected chi connectivity index (χ1v) is 11.5. The van der Waals surface area contributed by atoms with Gasteiger partial charge in [0.1, 0.15) is 21.8 Å². The van der Waals surface area contributed by atoms with Gasteiger partial charge in [0, 0.05) is 31.7 Å². The number of carbonyl (C=O) groups is 1. The normalized spacial score (nSPS) is 18.2. The average molecular weight is 443 g/mol. The molecule has 0 radical (unpaired) electrons. The van der Waals surface area contributed by atoms with Crippen LogP contribution in [0, 0.1) is 18.3 Å². The van der Waals surface area contributed by atoms with Gasteiger partial charge in [0.15, 0.2) is 0 Å². The lowest BCUT2D eigenvalue weighted by Crippen LogP contribution is -2.37.